The fourth-order valence-corrected chi connectivity index (χ4v) is 3.49. The molecule has 2 heterocycles. The van der Waals surface area contributed by atoms with Crippen LogP contribution in [-0.4, -0.2) is 40.4 Å². The molecule has 5 heteroatoms. The predicted molar refractivity (Wildman–Crippen MR) is 73.3 cm³/mol. The van der Waals surface area contributed by atoms with E-state index in [4.69, 9.17) is 5.11 Å². The molecule has 0 aliphatic carbocycles. The third kappa shape index (κ3) is 2.38. The number of piperidine rings is 1. The molecule has 0 unspecified atom stereocenters. The molecule has 3 rings (SSSR count). The molecule has 2 fully saturated rings. The molecule has 108 valence electrons. The van der Waals surface area contributed by atoms with Crippen LogP contribution in [0.3, 0.4) is 0 Å². The van der Waals surface area contributed by atoms with Crippen LogP contribution in [0.1, 0.15) is 24.8 Å². The lowest BCUT2D eigenvalue weighted by Crippen LogP contribution is -2.58. The molecular formula is C15H19FN2O2. The highest BCUT2D eigenvalue weighted by atomic mass is 19.1. The molecule has 0 spiro atoms. The smallest absolute Gasteiger partial charge is 0.407 e. The third-order valence-corrected chi connectivity index (χ3v) is 4.46. The van der Waals surface area contributed by atoms with E-state index in [1.165, 1.54) is 4.90 Å². The van der Waals surface area contributed by atoms with E-state index in [1.54, 1.807) is 0 Å². The number of hydrogen-bond donors (Lipinski definition) is 2. The van der Waals surface area contributed by atoms with Crippen LogP contribution in [0.4, 0.5) is 9.18 Å². The Kier molecular flexibility index (Phi) is 3.61. The number of alkyl halides is 1. The van der Waals surface area contributed by atoms with Gasteiger partial charge in [0.25, 0.3) is 0 Å². The van der Waals surface area contributed by atoms with Crippen LogP contribution in [-0.2, 0) is 6.54 Å². The Balaban J connectivity index is 1.64. The number of hydrogen-bond acceptors (Lipinski definition) is 2. The number of carbonyl (C=O) groups is 1. The van der Waals surface area contributed by atoms with Crippen molar-refractivity contribution >= 4 is 6.09 Å². The first kappa shape index (κ1) is 13.4. The summed E-state index contributed by atoms with van der Waals surface area (Å²) in [6, 6.07) is 9.12. The van der Waals surface area contributed by atoms with Gasteiger partial charge in [0.1, 0.15) is 6.17 Å². The number of halogens is 1. The van der Waals surface area contributed by atoms with Gasteiger partial charge in [0.15, 0.2) is 0 Å². The topological polar surface area (TPSA) is 52.6 Å². The van der Waals surface area contributed by atoms with Crippen LogP contribution >= 0.6 is 0 Å². The lowest BCUT2D eigenvalue weighted by atomic mass is 9.95. The van der Waals surface area contributed by atoms with Crippen molar-refractivity contribution in [3.63, 3.8) is 0 Å². The second kappa shape index (κ2) is 5.40. The van der Waals surface area contributed by atoms with Gasteiger partial charge in [-0.25, -0.2) is 9.18 Å². The first-order valence-electron chi connectivity index (χ1n) is 7.09. The van der Waals surface area contributed by atoms with Gasteiger partial charge < -0.3 is 10.4 Å². The Bertz CT molecular complexity index is 482. The van der Waals surface area contributed by atoms with Gasteiger partial charge in [-0.05, 0) is 24.8 Å². The van der Waals surface area contributed by atoms with Gasteiger partial charge in [0, 0.05) is 18.6 Å². The Morgan fingerprint density at radius 2 is 2.10 bits per heavy atom. The molecule has 4 atom stereocenters. The number of nitrogens with one attached hydrogen (secondary N) is 1. The second-order valence-corrected chi connectivity index (χ2v) is 5.64. The maximum Gasteiger partial charge on any atom is 0.407 e. The molecule has 2 bridgehead atoms. The highest BCUT2D eigenvalue weighted by molar-refractivity contribution is 5.67. The second-order valence-electron chi connectivity index (χ2n) is 5.64. The molecule has 0 radical (unpaired) electrons. The number of nitrogens with zero attached hydrogens (tertiary/aromatic N) is 1. The van der Waals surface area contributed by atoms with Crippen molar-refractivity contribution in [2.24, 2.45) is 0 Å². The van der Waals surface area contributed by atoms with E-state index in [0.717, 1.165) is 12.0 Å². The lowest BCUT2D eigenvalue weighted by molar-refractivity contribution is 0.0406. The Morgan fingerprint density at radius 3 is 2.80 bits per heavy atom. The minimum atomic E-state index is -1.12. The SMILES string of the molecule is O=C(O)N1[C@@H]2CC[C@H]1[C@H](F)[C@@H](NCc1ccccc1)C2. The monoisotopic (exact) mass is 278 g/mol. The number of benzene rings is 1. The number of amides is 1. The van der Waals surface area contributed by atoms with Crippen LogP contribution in [0.25, 0.3) is 0 Å². The van der Waals surface area contributed by atoms with Gasteiger partial charge >= 0.3 is 6.09 Å². The highest BCUT2D eigenvalue weighted by Gasteiger charge is 2.49. The van der Waals surface area contributed by atoms with E-state index in [2.05, 4.69) is 5.32 Å². The van der Waals surface area contributed by atoms with Crippen LogP contribution in [0, 0.1) is 0 Å². The molecule has 1 amide bonds. The number of rotatable bonds is 3. The molecule has 4 nitrogen and oxygen atoms in total. The van der Waals surface area contributed by atoms with Gasteiger partial charge in [0.2, 0.25) is 0 Å². The maximum absolute atomic E-state index is 14.5. The quantitative estimate of drug-likeness (QED) is 0.892. The average molecular weight is 278 g/mol. The van der Waals surface area contributed by atoms with E-state index in [9.17, 15) is 9.18 Å². The van der Waals surface area contributed by atoms with Crippen LogP contribution < -0.4 is 5.32 Å². The predicted octanol–water partition coefficient (Wildman–Crippen LogP) is 2.40. The number of carboxylic acid groups (broad SMARTS) is 1. The van der Waals surface area contributed by atoms with Crippen LogP contribution in [0.15, 0.2) is 30.3 Å². The largest absolute Gasteiger partial charge is 0.465 e. The van der Waals surface area contributed by atoms with E-state index >= 15 is 0 Å². The van der Waals surface area contributed by atoms with Crippen molar-refractivity contribution in [2.45, 2.75) is 50.1 Å². The molecule has 0 saturated carbocycles. The standard InChI is InChI=1S/C15H19FN2O2/c16-14-12(17-9-10-4-2-1-3-5-10)8-11-6-7-13(14)18(11)15(19)20/h1-5,11-14,17H,6-9H2,(H,19,20)/t11-,12+,13+,14-/m1/s1. The Labute approximate surface area is 117 Å². The molecule has 1 aromatic rings. The summed E-state index contributed by atoms with van der Waals surface area (Å²) >= 11 is 0. The zero-order valence-corrected chi connectivity index (χ0v) is 11.2. The van der Waals surface area contributed by atoms with Crippen molar-refractivity contribution in [1.82, 2.24) is 10.2 Å². The molecule has 2 aliphatic heterocycles. The third-order valence-electron chi connectivity index (χ3n) is 4.46. The Morgan fingerprint density at radius 1 is 1.35 bits per heavy atom. The zero-order valence-electron chi connectivity index (χ0n) is 11.2. The van der Waals surface area contributed by atoms with Crippen LogP contribution in [0.5, 0.6) is 0 Å². The summed E-state index contributed by atoms with van der Waals surface area (Å²) in [5.41, 5.74) is 1.12. The summed E-state index contributed by atoms with van der Waals surface area (Å²) < 4.78 is 14.5. The summed E-state index contributed by atoms with van der Waals surface area (Å²) in [4.78, 5) is 12.5. The highest BCUT2D eigenvalue weighted by Crippen LogP contribution is 2.37. The first-order chi connectivity index (χ1) is 9.66. The summed E-state index contributed by atoms with van der Waals surface area (Å²) in [6.07, 6.45) is -0.116. The van der Waals surface area contributed by atoms with E-state index in [1.807, 2.05) is 30.3 Å². The van der Waals surface area contributed by atoms with E-state index in [-0.39, 0.29) is 12.1 Å². The van der Waals surface area contributed by atoms with Crippen molar-refractivity contribution < 1.29 is 14.3 Å². The van der Waals surface area contributed by atoms with Crippen molar-refractivity contribution in [1.29, 1.82) is 0 Å². The molecule has 2 saturated heterocycles. The molecule has 20 heavy (non-hydrogen) atoms. The maximum atomic E-state index is 14.5. The molecule has 2 N–H and O–H groups in total. The summed E-state index contributed by atoms with van der Waals surface area (Å²) in [5.74, 6) is 0. The molecular weight excluding hydrogens is 259 g/mol. The minimum absolute atomic E-state index is 0.0298. The van der Waals surface area contributed by atoms with Gasteiger partial charge in [0.05, 0.1) is 6.04 Å². The summed E-state index contributed by atoms with van der Waals surface area (Å²) in [7, 11) is 0. The van der Waals surface area contributed by atoms with E-state index < -0.39 is 18.3 Å². The van der Waals surface area contributed by atoms with Gasteiger partial charge in [-0.2, -0.15) is 0 Å². The fourth-order valence-electron chi connectivity index (χ4n) is 3.49. The Hall–Kier alpha value is -1.62. The van der Waals surface area contributed by atoms with Crippen molar-refractivity contribution in [3.05, 3.63) is 35.9 Å². The average Bonchev–Trinajstić information content (AvgIpc) is 2.80. The summed E-state index contributed by atoms with van der Waals surface area (Å²) in [5, 5.41) is 12.4. The molecule has 2 aliphatic rings. The summed E-state index contributed by atoms with van der Waals surface area (Å²) in [6.45, 7) is 0.623. The van der Waals surface area contributed by atoms with Crippen LogP contribution in [0.2, 0.25) is 0 Å². The molecule has 1 aromatic carbocycles. The first-order valence-corrected chi connectivity index (χ1v) is 7.09. The van der Waals surface area contributed by atoms with Gasteiger partial charge in [-0.3, -0.25) is 4.90 Å². The fraction of sp³-hybridized carbons (Fsp3) is 0.533. The normalized spacial score (nSPS) is 32.4. The van der Waals surface area contributed by atoms with Gasteiger partial charge in [-0.15, -0.1) is 0 Å². The van der Waals surface area contributed by atoms with Gasteiger partial charge in [-0.1, -0.05) is 30.3 Å². The molecule has 0 aromatic heterocycles. The minimum Gasteiger partial charge on any atom is -0.465 e. The zero-order chi connectivity index (χ0) is 14.1. The van der Waals surface area contributed by atoms with E-state index in [0.29, 0.717) is 19.4 Å². The lowest BCUT2D eigenvalue weighted by Gasteiger charge is -2.40. The van der Waals surface area contributed by atoms with Crippen molar-refractivity contribution in [3.8, 4) is 0 Å². The number of fused-ring (bicyclic) bond motifs is 2. The van der Waals surface area contributed by atoms with Crippen molar-refractivity contribution in [2.75, 3.05) is 0 Å².